The summed E-state index contributed by atoms with van der Waals surface area (Å²) in [6.45, 7) is 3.62. The Bertz CT molecular complexity index is 1170. The number of nitrogens with two attached hydrogens (primary N) is 1. The molecule has 0 unspecified atom stereocenters. The number of hydrogen-bond donors (Lipinski definition) is 3. The molecule has 0 fully saturated rings. The summed E-state index contributed by atoms with van der Waals surface area (Å²) in [5.41, 5.74) is 0.137. The molecule has 160 valence electrons. The standard InChI is InChI=1S/C18H21ClN6O4S/c1-18(2,26)10-25-9-11(7-22-25)15-12(19)8-21-17(23-15)24-16-13(29-3)5-4-6-14(16)30(20,27)28/h4-9,26H,10H2,1-3H3,(H2,20,27,28)(H,21,23,24). The molecule has 10 nitrogen and oxygen atoms in total. The van der Waals surface area contributed by atoms with Crippen molar-refractivity contribution in [3.63, 3.8) is 0 Å². The monoisotopic (exact) mass is 452 g/mol. The molecule has 0 radical (unpaired) electrons. The Morgan fingerprint density at radius 3 is 2.70 bits per heavy atom. The molecule has 0 bridgehead atoms. The van der Waals surface area contributed by atoms with E-state index in [9.17, 15) is 13.5 Å². The summed E-state index contributed by atoms with van der Waals surface area (Å²) >= 11 is 6.26. The lowest BCUT2D eigenvalue weighted by Crippen LogP contribution is -2.26. The Kier molecular flexibility index (Phi) is 5.99. The number of hydrogen-bond acceptors (Lipinski definition) is 8. The Labute approximate surface area is 178 Å². The zero-order valence-electron chi connectivity index (χ0n) is 16.5. The Morgan fingerprint density at radius 1 is 1.33 bits per heavy atom. The van der Waals surface area contributed by atoms with Crippen molar-refractivity contribution >= 4 is 33.3 Å². The lowest BCUT2D eigenvalue weighted by atomic mass is 10.1. The molecule has 3 aromatic rings. The van der Waals surface area contributed by atoms with Gasteiger partial charge in [0, 0.05) is 11.8 Å². The average Bonchev–Trinajstić information content (AvgIpc) is 3.08. The predicted molar refractivity (Wildman–Crippen MR) is 112 cm³/mol. The fraction of sp³-hybridized carbons (Fsp3) is 0.278. The first kappa shape index (κ1) is 22.0. The third-order valence-corrected chi connectivity index (χ3v) is 5.18. The summed E-state index contributed by atoms with van der Waals surface area (Å²) in [4.78, 5) is 8.33. The molecule has 4 N–H and O–H groups in total. The number of aromatic nitrogens is 4. The summed E-state index contributed by atoms with van der Waals surface area (Å²) in [5, 5.41) is 22.6. The first-order valence-electron chi connectivity index (χ1n) is 8.72. The lowest BCUT2D eigenvalue weighted by Gasteiger charge is -2.16. The molecule has 1 aromatic carbocycles. The summed E-state index contributed by atoms with van der Waals surface area (Å²) in [5.74, 6) is 0.332. The van der Waals surface area contributed by atoms with Crippen molar-refractivity contribution in [2.75, 3.05) is 12.4 Å². The van der Waals surface area contributed by atoms with Crippen molar-refractivity contribution in [2.24, 2.45) is 5.14 Å². The number of aliphatic hydroxyl groups is 1. The van der Waals surface area contributed by atoms with E-state index in [0.29, 0.717) is 11.3 Å². The highest BCUT2D eigenvalue weighted by atomic mass is 35.5. The molecular formula is C18H21ClN6O4S. The minimum atomic E-state index is -4.03. The van der Waals surface area contributed by atoms with Crippen LogP contribution in [0, 0.1) is 0 Å². The minimum absolute atomic E-state index is 0.0824. The quantitative estimate of drug-likeness (QED) is 0.494. The van der Waals surface area contributed by atoms with Crippen molar-refractivity contribution in [3.8, 4) is 17.0 Å². The maximum Gasteiger partial charge on any atom is 0.240 e. The van der Waals surface area contributed by atoms with Gasteiger partial charge in [0.15, 0.2) is 0 Å². The molecule has 3 rings (SSSR count). The van der Waals surface area contributed by atoms with Gasteiger partial charge in [0.25, 0.3) is 0 Å². The number of nitrogens with zero attached hydrogens (tertiary/aromatic N) is 4. The Morgan fingerprint density at radius 2 is 2.07 bits per heavy atom. The molecule has 0 aliphatic rings. The number of halogens is 1. The molecule has 2 heterocycles. The van der Waals surface area contributed by atoms with E-state index in [-0.39, 0.29) is 33.8 Å². The van der Waals surface area contributed by atoms with E-state index < -0.39 is 15.6 Å². The molecule has 0 spiro atoms. The van der Waals surface area contributed by atoms with Gasteiger partial charge in [-0.2, -0.15) is 5.10 Å². The van der Waals surface area contributed by atoms with Gasteiger partial charge in [0.05, 0.1) is 42.4 Å². The molecule has 12 heteroatoms. The van der Waals surface area contributed by atoms with Crippen LogP contribution in [0.5, 0.6) is 5.75 Å². The molecule has 0 amide bonds. The van der Waals surface area contributed by atoms with E-state index in [0.717, 1.165) is 0 Å². The van der Waals surface area contributed by atoms with Crippen LogP contribution in [0.3, 0.4) is 0 Å². The number of nitrogens with one attached hydrogen (secondary N) is 1. The summed E-state index contributed by atoms with van der Waals surface area (Å²) < 4.78 is 30.7. The summed E-state index contributed by atoms with van der Waals surface area (Å²) in [7, 11) is -2.63. The molecule has 0 saturated heterocycles. The lowest BCUT2D eigenvalue weighted by molar-refractivity contribution is 0.0577. The Balaban J connectivity index is 2.00. The van der Waals surface area contributed by atoms with Gasteiger partial charge in [0.2, 0.25) is 16.0 Å². The number of ether oxygens (including phenoxy) is 1. The fourth-order valence-corrected chi connectivity index (χ4v) is 3.66. The van der Waals surface area contributed by atoms with Crippen molar-refractivity contribution in [1.29, 1.82) is 0 Å². The smallest absolute Gasteiger partial charge is 0.240 e. The van der Waals surface area contributed by atoms with Crippen LogP contribution in [0.2, 0.25) is 5.02 Å². The summed E-state index contributed by atoms with van der Waals surface area (Å²) in [6, 6.07) is 4.43. The van der Waals surface area contributed by atoms with Crippen LogP contribution in [0.4, 0.5) is 11.6 Å². The maximum atomic E-state index is 12.0. The van der Waals surface area contributed by atoms with Gasteiger partial charge in [0.1, 0.15) is 16.3 Å². The molecule has 0 aliphatic carbocycles. The van der Waals surface area contributed by atoms with E-state index >= 15 is 0 Å². The highest BCUT2D eigenvalue weighted by Gasteiger charge is 2.20. The number of benzene rings is 1. The first-order valence-corrected chi connectivity index (χ1v) is 10.6. The number of anilines is 2. The highest BCUT2D eigenvalue weighted by Crippen LogP contribution is 2.34. The number of methoxy groups -OCH3 is 1. The predicted octanol–water partition coefficient (Wildman–Crippen LogP) is 2.16. The van der Waals surface area contributed by atoms with Crippen molar-refractivity contribution in [2.45, 2.75) is 30.9 Å². The van der Waals surface area contributed by atoms with E-state index in [1.807, 2.05) is 0 Å². The third-order valence-electron chi connectivity index (χ3n) is 3.95. The first-order chi connectivity index (χ1) is 14.0. The minimum Gasteiger partial charge on any atom is -0.495 e. The highest BCUT2D eigenvalue weighted by molar-refractivity contribution is 7.89. The van der Waals surface area contributed by atoms with E-state index in [1.165, 1.54) is 25.4 Å². The van der Waals surface area contributed by atoms with Gasteiger partial charge >= 0.3 is 0 Å². The molecule has 2 aromatic heterocycles. The van der Waals surface area contributed by atoms with Gasteiger partial charge < -0.3 is 15.2 Å². The van der Waals surface area contributed by atoms with Gasteiger partial charge in [-0.05, 0) is 26.0 Å². The zero-order chi connectivity index (χ0) is 22.1. The van der Waals surface area contributed by atoms with Crippen LogP contribution in [0.1, 0.15) is 13.8 Å². The number of rotatable bonds is 7. The maximum absolute atomic E-state index is 12.0. The number of para-hydroxylation sites is 1. The normalized spacial score (nSPS) is 12.1. The van der Waals surface area contributed by atoms with Crippen molar-refractivity contribution in [3.05, 3.63) is 41.8 Å². The molecule has 30 heavy (non-hydrogen) atoms. The van der Waals surface area contributed by atoms with Crippen LogP contribution in [-0.2, 0) is 16.6 Å². The second-order valence-corrected chi connectivity index (χ2v) is 9.07. The van der Waals surface area contributed by atoms with Crippen LogP contribution < -0.4 is 15.2 Å². The van der Waals surface area contributed by atoms with Gasteiger partial charge in [-0.25, -0.2) is 23.5 Å². The second-order valence-electron chi connectivity index (χ2n) is 7.13. The van der Waals surface area contributed by atoms with Gasteiger partial charge in [-0.1, -0.05) is 17.7 Å². The van der Waals surface area contributed by atoms with Gasteiger partial charge in [-0.15, -0.1) is 0 Å². The van der Waals surface area contributed by atoms with E-state index in [1.54, 1.807) is 37.0 Å². The topological polar surface area (TPSA) is 145 Å². The van der Waals surface area contributed by atoms with E-state index in [4.69, 9.17) is 21.5 Å². The fourth-order valence-electron chi connectivity index (χ4n) is 2.75. The second kappa shape index (κ2) is 8.19. The molecule has 0 saturated carbocycles. The van der Waals surface area contributed by atoms with Crippen LogP contribution >= 0.6 is 11.6 Å². The third kappa shape index (κ3) is 5.05. The van der Waals surface area contributed by atoms with Crippen molar-refractivity contribution in [1.82, 2.24) is 19.7 Å². The largest absolute Gasteiger partial charge is 0.495 e. The number of primary sulfonamides is 1. The SMILES string of the molecule is COc1cccc(S(N)(=O)=O)c1Nc1ncc(Cl)c(-c2cnn(CC(C)(C)O)c2)n1. The molecule has 0 atom stereocenters. The zero-order valence-corrected chi connectivity index (χ0v) is 18.1. The molecule has 0 aliphatic heterocycles. The van der Waals surface area contributed by atoms with Crippen LogP contribution in [0.25, 0.3) is 11.3 Å². The van der Waals surface area contributed by atoms with Crippen LogP contribution in [0.15, 0.2) is 41.7 Å². The van der Waals surface area contributed by atoms with Gasteiger partial charge in [-0.3, -0.25) is 4.68 Å². The average molecular weight is 453 g/mol. The van der Waals surface area contributed by atoms with E-state index in [2.05, 4.69) is 20.4 Å². The Hall–Kier alpha value is -2.73. The van der Waals surface area contributed by atoms with Crippen molar-refractivity contribution < 1.29 is 18.3 Å². The van der Waals surface area contributed by atoms with Crippen LogP contribution in [-0.4, -0.2) is 46.0 Å². The number of sulfonamides is 1. The molecular weight excluding hydrogens is 432 g/mol. The summed E-state index contributed by atoms with van der Waals surface area (Å²) in [6.07, 6.45) is 4.63.